The van der Waals surface area contributed by atoms with E-state index in [2.05, 4.69) is 0 Å². The number of hydrogen-bond acceptors (Lipinski definition) is 1. The molecule has 0 aliphatic rings. The molecule has 0 fully saturated rings. The Balaban J connectivity index is 2.75. The lowest BCUT2D eigenvalue weighted by molar-refractivity contribution is -0.242. The zero-order valence-corrected chi connectivity index (χ0v) is 11.4. The minimum absolute atomic E-state index is 0.317. The summed E-state index contributed by atoms with van der Waals surface area (Å²) in [7, 11) is 0. The van der Waals surface area contributed by atoms with E-state index in [1.165, 1.54) is 12.2 Å². The second-order valence-electron chi connectivity index (χ2n) is 4.65. The Morgan fingerprint density at radius 3 is 2.30 bits per heavy atom. The third-order valence-electron chi connectivity index (χ3n) is 2.97. The average Bonchev–Trinajstić information content (AvgIpc) is 2.41. The van der Waals surface area contributed by atoms with Crippen LogP contribution in [0.1, 0.15) is 31.7 Å². The molecule has 0 heterocycles. The van der Waals surface area contributed by atoms with Crippen LogP contribution >= 0.6 is 0 Å². The van der Waals surface area contributed by atoms with Crippen molar-refractivity contribution in [3.63, 3.8) is 0 Å². The van der Waals surface area contributed by atoms with Crippen molar-refractivity contribution in [2.75, 3.05) is 0 Å². The van der Waals surface area contributed by atoms with Gasteiger partial charge in [-0.2, -0.15) is 13.2 Å². The van der Waals surface area contributed by atoms with Gasteiger partial charge in [0.05, 0.1) is 0 Å². The van der Waals surface area contributed by atoms with E-state index in [1.807, 2.05) is 30.3 Å². The van der Waals surface area contributed by atoms with E-state index in [-0.39, 0.29) is 6.42 Å². The molecule has 0 radical (unpaired) electrons. The Morgan fingerprint density at radius 2 is 1.75 bits per heavy atom. The Hall–Kier alpha value is -1.55. The number of aliphatic hydroxyl groups is 1. The molecule has 1 atom stereocenters. The molecule has 0 aliphatic carbocycles. The fourth-order valence-corrected chi connectivity index (χ4v) is 1.71. The normalized spacial score (nSPS) is 15.8. The summed E-state index contributed by atoms with van der Waals surface area (Å²) in [5.41, 5.74) is -1.86. The summed E-state index contributed by atoms with van der Waals surface area (Å²) in [5, 5.41) is 9.73. The van der Waals surface area contributed by atoms with Crippen molar-refractivity contribution < 1.29 is 18.3 Å². The molecule has 4 heteroatoms. The second kappa shape index (κ2) is 7.29. The number of halogens is 3. The SMILES string of the molecule is CCCCC(O)(/C=C/C=C/c1ccccc1)C(F)(F)F. The first-order valence-electron chi connectivity index (χ1n) is 6.59. The maximum absolute atomic E-state index is 12.9. The summed E-state index contributed by atoms with van der Waals surface area (Å²) < 4.78 is 38.6. The molecular formula is C16H19F3O. The van der Waals surface area contributed by atoms with Crippen molar-refractivity contribution in [2.24, 2.45) is 0 Å². The first-order chi connectivity index (χ1) is 9.39. The van der Waals surface area contributed by atoms with Gasteiger partial charge in [0, 0.05) is 0 Å². The van der Waals surface area contributed by atoms with E-state index >= 15 is 0 Å². The van der Waals surface area contributed by atoms with Crippen LogP contribution in [0.5, 0.6) is 0 Å². The molecule has 0 saturated carbocycles. The van der Waals surface area contributed by atoms with Gasteiger partial charge in [0.15, 0.2) is 5.60 Å². The van der Waals surface area contributed by atoms with Crippen molar-refractivity contribution in [1.29, 1.82) is 0 Å². The van der Waals surface area contributed by atoms with Crippen LogP contribution < -0.4 is 0 Å². The Labute approximate surface area is 117 Å². The van der Waals surface area contributed by atoms with Gasteiger partial charge >= 0.3 is 6.18 Å². The van der Waals surface area contributed by atoms with Crippen LogP contribution in [-0.4, -0.2) is 16.9 Å². The zero-order valence-electron chi connectivity index (χ0n) is 11.4. The van der Waals surface area contributed by atoms with Crippen molar-refractivity contribution in [3.8, 4) is 0 Å². The van der Waals surface area contributed by atoms with Gasteiger partial charge in [-0.05, 0) is 18.1 Å². The molecule has 1 N–H and O–H groups in total. The van der Waals surface area contributed by atoms with Gasteiger partial charge in [-0.1, -0.05) is 68.3 Å². The second-order valence-corrected chi connectivity index (χ2v) is 4.65. The molecule has 1 aromatic carbocycles. The predicted molar refractivity (Wildman–Crippen MR) is 75.1 cm³/mol. The van der Waals surface area contributed by atoms with Crippen molar-refractivity contribution in [2.45, 2.75) is 38.0 Å². The van der Waals surface area contributed by atoms with Gasteiger partial charge in [0.1, 0.15) is 0 Å². The highest BCUT2D eigenvalue weighted by Gasteiger charge is 2.50. The first-order valence-corrected chi connectivity index (χ1v) is 6.59. The fourth-order valence-electron chi connectivity index (χ4n) is 1.71. The van der Waals surface area contributed by atoms with Gasteiger partial charge in [-0.3, -0.25) is 0 Å². The third-order valence-corrected chi connectivity index (χ3v) is 2.97. The molecule has 1 aromatic rings. The van der Waals surface area contributed by atoms with Crippen LogP contribution in [0.4, 0.5) is 13.2 Å². The van der Waals surface area contributed by atoms with E-state index in [1.54, 1.807) is 13.0 Å². The van der Waals surface area contributed by atoms with E-state index in [4.69, 9.17) is 0 Å². The monoisotopic (exact) mass is 284 g/mol. The number of unbranched alkanes of at least 4 members (excludes halogenated alkanes) is 1. The summed E-state index contributed by atoms with van der Waals surface area (Å²) in [6.07, 6.45) is 1.21. The van der Waals surface area contributed by atoms with Crippen LogP contribution in [0.25, 0.3) is 6.08 Å². The summed E-state index contributed by atoms with van der Waals surface area (Å²) in [4.78, 5) is 0. The molecular weight excluding hydrogens is 265 g/mol. The quantitative estimate of drug-likeness (QED) is 0.748. The van der Waals surface area contributed by atoms with Crippen LogP contribution in [0.2, 0.25) is 0 Å². The standard InChI is InChI=1S/C16H19F3O/c1-2-3-12-15(20,16(17,18)19)13-8-7-11-14-9-5-4-6-10-14/h4-11,13,20H,2-3,12H2,1H3/b11-7+,13-8+. The van der Waals surface area contributed by atoms with Gasteiger partial charge < -0.3 is 5.11 Å². The molecule has 110 valence electrons. The molecule has 0 amide bonds. The lowest BCUT2D eigenvalue weighted by Crippen LogP contribution is -2.43. The molecule has 1 nitrogen and oxygen atoms in total. The molecule has 0 aromatic heterocycles. The van der Waals surface area contributed by atoms with Crippen LogP contribution in [-0.2, 0) is 0 Å². The van der Waals surface area contributed by atoms with E-state index in [9.17, 15) is 18.3 Å². The van der Waals surface area contributed by atoms with Crippen molar-refractivity contribution in [3.05, 3.63) is 54.1 Å². The molecule has 1 unspecified atom stereocenters. The summed E-state index contributed by atoms with van der Waals surface area (Å²) in [5.74, 6) is 0. The Kier molecular flexibility index (Phi) is 6.02. The number of hydrogen-bond donors (Lipinski definition) is 1. The number of alkyl halides is 3. The largest absolute Gasteiger partial charge is 0.420 e. The first kappa shape index (κ1) is 16.5. The highest BCUT2D eigenvalue weighted by molar-refractivity contribution is 5.50. The molecule has 0 bridgehead atoms. The predicted octanol–water partition coefficient (Wildman–Crippen LogP) is 4.74. The number of allylic oxidation sites excluding steroid dienone is 2. The van der Waals surface area contributed by atoms with Crippen LogP contribution in [0.15, 0.2) is 48.6 Å². The maximum Gasteiger partial charge on any atom is 0.420 e. The molecule has 0 spiro atoms. The molecule has 1 rings (SSSR count). The molecule has 0 aliphatic heterocycles. The summed E-state index contributed by atoms with van der Waals surface area (Å²) in [6, 6.07) is 9.24. The summed E-state index contributed by atoms with van der Waals surface area (Å²) in [6.45, 7) is 1.79. The Bertz CT molecular complexity index is 449. The van der Waals surface area contributed by atoms with Crippen LogP contribution in [0.3, 0.4) is 0 Å². The van der Waals surface area contributed by atoms with Gasteiger partial charge in [-0.25, -0.2) is 0 Å². The van der Waals surface area contributed by atoms with E-state index in [0.29, 0.717) is 12.8 Å². The summed E-state index contributed by atoms with van der Waals surface area (Å²) >= 11 is 0. The lowest BCUT2D eigenvalue weighted by atomic mass is 9.95. The lowest BCUT2D eigenvalue weighted by Gasteiger charge is -2.27. The molecule has 20 heavy (non-hydrogen) atoms. The highest BCUT2D eigenvalue weighted by Crippen LogP contribution is 2.35. The van der Waals surface area contributed by atoms with Crippen LogP contribution in [0, 0.1) is 0 Å². The highest BCUT2D eigenvalue weighted by atomic mass is 19.4. The average molecular weight is 284 g/mol. The Morgan fingerprint density at radius 1 is 1.10 bits per heavy atom. The van der Waals surface area contributed by atoms with Crippen molar-refractivity contribution in [1.82, 2.24) is 0 Å². The zero-order chi connectivity index (χ0) is 15.1. The van der Waals surface area contributed by atoms with Gasteiger partial charge in [0.2, 0.25) is 0 Å². The minimum Gasteiger partial charge on any atom is -0.377 e. The minimum atomic E-state index is -4.65. The third kappa shape index (κ3) is 4.85. The van der Waals surface area contributed by atoms with Gasteiger partial charge in [0.25, 0.3) is 0 Å². The van der Waals surface area contributed by atoms with Gasteiger partial charge in [-0.15, -0.1) is 0 Å². The van der Waals surface area contributed by atoms with E-state index < -0.39 is 11.8 Å². The smallest absolute Gasteiger partial charge is 0.377 e. The molecule has 0 saturated heterocycles. The van der Waals surface area contributed by atoms with Crippen molar-refractivity contribution >= 4 is 6.08 Å². The fraction of sp³-hybridized carbons (Fsp3) is 0.375. The maximum atomic E-state index is 12.9. The van der Waals surface area contributed by atoms with E-state index in [0.717, 1.165) is 11.6 Å². The topological polar surface area (TPSA) is 20.2 Å². The number of benzene rings is 1. The number of rotatable bonds is 6.